The Bertz CT molecular complexity index is 338. The van der Waals surface area contributed by atoms with Crippen molar-refractivity contribution >= 4 is 5.97 Å². The summed E-state index contributed by atoms with van der Waals surface area (Å²) in [7, 11) is 0. The predicted molar refractivity (Wildman–Crippen MR) is 49.0 cm³/mol. The molecular formula is C9H14N2O3. The van der Waals surface area contributed by atoms with Crippen LogP contribution in [-0.2, 0) is 10.2 Å². The third kappa shape index (κ3) is 2.10. The number of carboxylic acids is 1. The maximum absolute atomic E-state index is 10.6. The number of carbonyl (C=O) groups is 1. The number of nitrogens with zero attached hydrogens (tertiary/aromatic N) is 2. The molecule has 0 aromatic carbocycles. The van der Waals surface area contributed by atoms with E-state index in [1.54, 1.807) is 0 Å². The van der Waals surface area contributed by atoms with Gasteiger partial charge in [0.2, 0.25) is 5.89 Å². The molecule has 0 aliphatic rings. The summed E-state index contributed by atoms with van der Waals surface area (Å²) in [5.74, 6) is -0.996. The molecule has 0 amide bonds. The number of aliphatic carboxylic acids is 1. The zero-order valence-electron chi connectivity index (χ0n) is 8.74. The fraction of sp³-hybridized carbons (Fsp3) is 0.667. The summed E-state index contributed by atoms with van der Waals surface area (Å²) in [6, 6.07) is 0. The molecule has 5 heteroatoms. The average Bonchev–Trinajstić information content (AvgIpc) is 2.49. The first-order chi connectivity index (χ1) is 6.32. The molecule has 5 nitrogen and oxygen atoms in total. The van der Waals surface area contributed by atoms with E-state index >= 15 is 0 Å². The number of hydrogen-bond donors (Lipinski definition) is 1. The second-order valence-electron chi connectivity index (χ2n) is 4.27. The zero-order chi connectivity index (χ0) is 10.9. The van der Waals surface area contributed by atoms with E-state index in [9.17, 15) is 4.79 Å². The van der Waals surface area contributed by atoms with Gasteiger partial charge in [-0.3, -0.25) is 4.79 Å². The van der Waals surface area contributed by atoms with Crippen molar-refractivity contribution in [3.63, 3.8) is 0 Å². The molecule has 0 saturated heterocycles. The van der Waals surface area contributed by atoms with Crippen LogP contribution < -0.4 is 0 Å². The minimum Gasteiger partial charge on any atom is -0.481 e. The van der Waals surface area contributed by atoms with Crippen molar-refractivity contribution in [3.05, 3.63) is 11.7 Å². The van der Waals surface area contributed by atoms with E-state index in [1.165, 1.54) is 6.92 Å². The summed E-state index contributed by atoms with van der Waals surface area (Å²) in [5, 5.41) is 12.4. The van der Waals surface area contributed by atoms with Crippen LogP contribution in [0.4, 0.5) is 0 Å². The molecule has 0 radical (unpaired) electrons. The van der Waals surface area contributed by atoms with Crippen molar-refractivity contribution in [2.24, 2.45) is 0 Å². The number of carboxylic acid groups (broad SMARTS) is 1. The van der Waals surface area contributed by atoms with Gasteiger partial charge < -0.3 is 9.63 Å². The van der Waals surface area contributed by atoms with Gasteiger partial charge in [-0.2, -0.15) is 4.98 Å². The highest BCUT2D eigenvalue weighted by atomic mass is 16.5. The van der Waals surface area contributed by atoms with E-state index in [4.69, 9.17) is 9.63 Å². The van der Waals surface area contributed by atoms with Crippen molar-refractivity contribution < 1.29 is 14.4 Å². The van der Waals surface area contributed by atoms with Crippen LogP contribution in [0.15, 0.2) is 4.52 Å². The van der Waals surface area contributed by atoms with Crippen LogP contribution in [0.25, 0.3) is 0 Å². The molecule has 1 heterocycles. The van der Waals surface area contributed by atoms with Crippen LogP contribution in [-0.4, -0.2) is 21.2 Å². The van der Waals surface area contributed by atoms with Gasteiger partial charge in [0.1, 0.15) is 5.92 Å². The van der Waals surface area contributed by atoms with Crippen LogP contribution in [0.2, 0.25) is 0 Å². The molecule has 14 heavy (non-hydrogen) atoms. The van der Waals surface area contributed by atoms with Crippen LogP contribution in [0.5, 0.6) is 0 Å². The molecule has 1 atom stereocenters. The van der Waals surface area contributed by atoms with Gasteiger partial charge in [-0.05, 0) is 6.92 Å². The third-order valence-electron chi connectivity index (χ3n) is 1.84. The molecule has 1 unspecified atom stereocenters. The topological polar surface area (TPSA) is 76.2 Å². The molecule has 0 aliphatic carbocycles. The van der Waals surface area contributed by atoms with Gasteiger partial charge in [-0.1, -0.05) is 25.9 Å². The average molecular weight is 198 g/mol. The first kappa shape index (κ1) is 10.7. The van der Waals surface area contributed by atoms with Gasteiger partial charge in [0.25, 0.3) is 0 Å². The van der Waals surface area contributed by atoms with Gasteiger partial charge in [-0.25, -0.2) is 0 Å². The maximum atomic E-state index is 10.6. The van der Waals surface area contributed by atoms with Gasteiger partial charge in [0, 0.05) is 5.41 Å². The minimum atomic E-state index is -0.953. The lowest BCUT2D eigenvalue weighted by Gasteiger charge is -2.10. The molecule has 1 N–H and O–H groups in total. The molecule has 1 aromatic rings. The van der Waals surface area contributed by atoms with Crippen molar-refractivity contribution in [1.82, 2.24) is 10.1 Å². The van der Waals surface area contributed by atoms with Crippen LogP contribution in [0.3, 0.4) is 0 Å². The van der Waals surface area contributed by atoms with Gasteiger partial charge in [-0.15, -0.1) is 0 Å². The molecule has 1 aromatic heterocycles. The number of hydrogen-bond acceptors (Lipinski definition) is 4. The Kier molecular flexibility index (Phi) is 2.59. The van der Waals surface area contributed by atoms with E-state index < -0.39 is 11.9 Å². The maximum Gasteiger partial charge on any atom is 0.314 e. The van der Waals surface area contributed by atoms with Crippen LogP contribution in [0, 0.1) is 0 Å². The Labute approximate surface area is 82.1 Å². The normalized spacial score (nSPS) is 14.0. The van der Waals surface area contributed by atoms with Crippen molar-refractivity contribution in [1.29, 1.82) is 0 Å². The Morgan fingerprint density at radius 1 is 1.50 bits per heavy atom. The Balaban J connectivity index is 2.94. The fourth-order valence-electron chi connectivity index (χ4n) is 0.826. The van der Waals surface area contributed by atoms with Crippen molar-refractivity contribution in [2.45, 2.75) is 39.0 Å². The van der Waals surface area contributed by atoms with E-state index in [2.05, 4.69) is 10.1 Å². The molecule has 78 valence electrons. The summed E-state index contributed by atoms with van der Waals surface area (Å²) < 4.78 is 4.98. The molecule has 0 saturated carbocycles. The SMILES string of the molecule is CC(C(=O)O)c1noc(C(C)(C)C)n1. The smallest absolute Gasteiger partial charge is 0.314 e. The lowest BCUT2D eigenvalue weighted by atomic mass is 9.97. The second-order valence-corrected chi connectivity index (χ2v) is 4.27. The summed E-state index contributed by atoms with van der Waals surface area (Å²) in [6.07, 6.45) is 0. The van der Waals surface area contributed by atoms with Crippen molar-refractivity contribution in [2.75, 3.05) is 0 Å². The lowest BCUT2D eigenvalue weighted by Crippen LogP contribution is -2.13. The second kappa shape index (κ2) is 3.40. The molecule has 0 aliphatic heterocycles. The third-order valence-corrected chi connectivity index (χ3v) is 1.84. The van der Waals surface area contributed by atoms with Crippen LogP contribution >= 0.6 is 0 Å². The van der Waals surface area contributed by atoms with Crippen molar-refractivity contribution in [3.8, 4) is 0 Å². The van der Waals surface area contributed by atoms with Gasteiger partial charge in [0.15, 0.2) is 5.82 Å². The predicted octanol–water partition coefficient (Wildman–Crippen LogP) is 1.56. The Hall–Kier alpha value is -1.39. The Morgan fingerprint density at radius 2 is 2.07 bits per heavy atom. The number of aromatic nitrogens is 2. The zero-order valence-corrected chi connectivity index (χ0v) is 8.74. The summed E-state index contributed by atoms with van der Waals surface area (Å²) in [5.41, 5.74) is -0.247. The summed E-state index contributed by atoms with van der Waals surface area (Å²) >= 11 is 0. The molecular weight excluding hydrogens is 184 g/mol. The fourth-order valence-corrected chi connectivity index (χ4v) is 0.826. The van der Waals surface area contributed by atoms with E-state index in [0.29, 0.717) is 5.89 Å². The summed E-state index contributed by atoms with van der Waals surface area (Å²) in [4.78, 5) is 14.7. The first-order valence-electron chi connectivity index (χ1n) is 4.39. The van der Waals surface area contributed by atoms with E-state index in [1.807, 2.05) is 20.8 Å². The highest BCUT2D eigenvalue weighted by Crippen LogP contribution is 2.21. The molecule has 1 rings (SSSR count). The monoisotopic (exact) mass is 198 g/mol. The van der Waals surface area contributed by atoms with E-state index in [-0.39, 0.29) is 11.2 Å². The molecule has 0 fully saturated rings. The largest absolute Gasteiger partial charge is 0.481 e. The minimum absolute atomic E-state index is 0.224. The first-order valence-corrected chi connectivity index (χ1v) is 4.39. The highest BCUT2D eigenvalue weighted by Gasteiger charge is 2.25. The van der Waals surface area contributed by atoms with Gasteiger partial charge >= 0.3 is 5.97 Å². The molecule has 0 bridgehead atoms. The Morgan fingerprint density at radius 3 is 2.43 bits per heavy atom. The summed E-state index contributed by atoms with van der Waals surface area (Å²) in [6.45, 7) is 7.31. The van der Waals surface area contributed by atoms with Gasteiger partial charge in [0.05, 0.1) is 0 Å². The van der Waals surface area contributed by atoms with E-state index in [0.717, 1.165) is 0 Å². The molecule has 0 spiro atoms. The quantitative estimate of drug-likeness (QED) is 0.780. The standard InChI is InChI=1S/C9H14N2O3/c1-5(7(12)13)6-10-8(14-11-6)9(2,3)4/h5H,1-4H3,(H,12,13). The lowest BCUT2D eigenvalue weighted by molar-refractivity contribution is -0.138. The number of rotatable bonds is 2. The highest BCUT2D eigenvalue weighted by molar-refractivity contribution is 5.74. The van der Waals surface area contributed by atoms with Crippen LogP contribution in [0.1, 0.15) is 45.3 Å².